The molecule has 13 heteroatoms. The van der Waals surface area contributed by atoms with Crippen LogP contribution in [0.2, 0.25) is 5.02 Å². The highest BCUT2D eigenvalue weighted by Crippen LogP contribution is 2.30. The molecule has 0 radical (unpaired) electrons. The van der Waals surface area contributed by atoms with Crippen molar-refractivity contribution >= 4 is 40.8 Å². The second-order valence-corrected chi connectivity index (χ2v) is 9.07. The number of amides is 1. The van der Waals surface area contributed by atoms with E-state index in [1.54, 1.807) is 42.5 Å². The summed E-state index contributed by atoms with van der Waals surface area (Å²) < 4.78 is 45.2. The molecule has 1 saturated heterocycles. The fourth-order valence-electron chi connectivity index (χ4n) is 3.92. The van der Waals surface area contributed by atoms with E-state index >= 15 is 0 Å². The quantitative estimate of drug-likeness (QED) is 0.335. The number of alkyl halides is 3. The average molecular weight is 582 g/mol. The summed E-state index contributed by atoms with van der Waals surface area (Å²) in [5.41, 5.74) is 2.47. The second-order valence-electron chi connectivity index (χ2n) is 8.67. The fourth-order valence-corrected chi connectivity index (χ4v) is 4.14. The predicted octanol–water partition coefficient (Wildman–Crippen LogP) is 5.39. The molecular formula is C27H24ClF4N3O5. The predicted molar refractivity (Wildman–Crippen MR) is 140 cm³/mol. The lowest BCUT2D eigenvalue weighted by atomic mass is 10.1. The number of aromatic carboxylic acids is 1. The zero-order valence-electron chi connectivity index (χ0n) is 20.8. The van der Waals surface area contributed by atoms with Gasteiger partial charge in [-0.05, 0) is 48.0 Å². The molecule has 3 aromatic rings. The molecule has 1 aliphatic rings. The Morgan fingerprint density at radius 1 is 0.900 bits per heavy atom. The van der Waals surface area contributed by atoms with E-state index in [4.69, 9.17) is 21.5 Å². The van der Waals surface area contributed by atoms with Crippen molar-refractivity contribution in [3.05, 3.63) is 94.3 Å². The second kappa shape index (κ2) is 13.3. The van der Waals surface area contributed by atoms with Gasteiger partial charge in [0.2, 0.25) is 0 Å². The van der Waals surface area contributed by atoms with Crippen LogP contribution < -0.4 is 10.2 Å². The van der Waals surface area contributed by atoms with Gasteiger partial charge >= 0.3 is 18.1 Å². The van der Waals surface area contributed by atoms with E-state index in [0.717, 1.165) is 24.3 Å². The van der Waals surface area contributed by atoms with E-state index in [9.17, 15) is 32.3 Å². The molecule has 3 aromatic carbocycles. The Hall–Kier alpha value is -4.16. The number of hydrogen-bond donors (Lipinski definition) is 3. The number of carbonyl (C=O) groups excluding carboxylic acids is 1. The molecule has 0 aromatic heterocycles. The molecule has 0 unspecified atom stereocenters. The maximum atomic E-state index is 13.5. The number of anilines is 2. The molecule has 1 fully saturated rings. The van der Waals surface area contributed by atoms with Crippen molar-refractivity contribution in [2.75, 3.05) is 36.4 Å². The molecule has 1 amide bonds. The van der Waals surface area contributed by atoms with Crippen LogP contribution in [0.5, 0.6) is 0 Å². The number of nitrogens with zero attached hydrogens (tertiary/aromatic N) is 2. The van der Waals surface area contributed by atoms with Crippen molar-refractivity contribution in [2.45, 2.75) is 12.7 Å². The van der Waals surface area contributed by atoms with Crippen molar-refractivity contribution in [3.8, 4) is 0 Å². The van der Waals surface area contributed by atoms with Crippen LogP contribution in [0, 0.1) is 5.82 Å². The van der Waals surface area contributed by atoms with Crippen molar-refractivity contribution in [1.29, 1.82) is 0 Å². The molecule has 40 heavy (non-hydrogen) atoms. The Morgan fingerprint density at radius 2 is 1.55 bits per heavy atom. The highest BCUT2D eigenvalue weighted by Gasteiger charge is 2.38. The van der Waals surface area contributed by atoms with Crippen LogP contribution >= 0.6 is 11.6 Å². The third kappa shape index (κ3) is 8.42. The molecule has 0 saturated carbocycles. The molecule has 3 N–H and O–H groups in total. The van der Waals surface area contributed by atoms with Crippen LogP contribution in [-0.4, -0.2) is 65.3 Å². The smallest absolute Gasteiger partial charge is 0.478 e. The first-order valence-electron chi connectivity index (χ1n) is 11.8. The van der Waals surface area contributed by atoms with E-state index < -0.39 is 24.0 Å². The Bertz CT molecular complexity index is 1380. The van der Waals surface area contributed by atoms with Crippen LogP contribution in [0.3, 0.4) is 0 Å². The molecule has 1 heterocycles. The first-order valence-corrected chi connectivity index (χ1v) is 12.2. The molecule has 212 valence electrons. The topological polar surface area (TPSA) is 110 Å². The number of rotatable bonds is 6. The third-order valence-electron chi connectivity index (χ3n) is 5.86. The average Bonchev–Trinajstić information content (AvgIpc) is 2.89. The van der Waals surface area contributed by atoms with Crippen LogP contribution in [0.25, 0.3) is 0 Å². The van der Waals surface area contributed by atoms with Gasteiger partial charge in [0.1, 0.15) is 5.82 Å². The first-order chi connectivity index (χ1) is 18.8. The van der Waals surface area contributed by atoms with Gasteiger partial charge in [0, 0.05) is 32.7 Å². The summed E-state index contributed by atoms with van der Waals surface area (Å²) in [6.45, 7) is 3.50. The number of carboxylic acids is 2. The maximum absolute atomic E-state index is 13.5. The molecule has 0 bridgehead atoms. The summed E-state index contributed by atoms with van der Waals surface area (Å²) >= 11 is 6.15. The van der Waals surface area contributed by atoms with Gasteiger partial charge in [-0.3, -0.25) is 9.69 Å². The van der Waals surface area contributed by atoms with Crippen molar-refractivity contribution in [2.24, 2.45) is 0 Å². The molecule has 8 nitrogen and oxygen atoms in total. The summed E-state index contributed by atoms with van der Waals surface area (Å²) in [7, 11) is 0. The minimum atomic E-state index is -5.08. The van der Waals surface area contributed by atoms with Crippen molar-refractivity contribution in [1.82, 2.24) is 4.90 Å². The monoisotopic (exact) mass is 581 g/mol. The normalized spacial score (nSPS) is 13.7. The summed E-state index contributed by atoms with van der Waals surface area (Å²) in [6.07, 6.45) is -5.08. The summed E-state index contributed by atoms with van der Waals surface area (Å²) in [5.74, 6) is -4.49. The molecule has 4 rings (SSSR count). The van der Waals surface area contributed by atoms with Crippen molar-refractivity contribution < 1.29 is 42.2 Å². The van der Waals surface area contributed by atoms with E-state index in [2.05, 4.69) is 15.1 Å². The number of nitrogens with one attached hydrogen (secondary N) is 1. The van der Waals surface area contributed by atoms with Gasteiger partial charge in [0.05, 0.1) is 27.5 Å². The van der Waals surface area contributed by atoms with Gasteiger partial charge in [-0.2, -0.15) is 13.2 Å². The SMILES string of the molecule is O=C(O)C(F)(F)F.O=C(O)c1ccc(N2CCN(Cc3cccc(F)c3)CC2)c(NC(=O)c2ccccc2Cl)c1. The van der Waals surface area contributed by atoms with Crippen LogP contribution in [0.4, 0.5) is 28.9 Å². The number of hydrogen-bond acceptors (Lipinski definition) is 5. The molecular weight excluding hydrogens is 558 g/mol. The van der Waals surface area contributed by atoms with Gasteiger partial charge in [-0.25, -0.2) is 14.0 Å². The number of piperazine rings is 1. The highest BCUT2D eigenvalue weighted by atomic mass is 35.5. The zero-order valence-corrected chi connectivity index (χ0v) is 21.5. The first kappa shape index (κ1) is 30.4. The van der Waals surface area contributed by atoms with E-state index in [1.165, 1.54) is 18.2 Å². The number of carboxylic acid groups (broad SMARTS) is 2. The van der Waals surface area contributed by atoms with E-state index in [0.29, 0.717) is 35.9 Å². The highest BCUT2D eigenvalue weighted by molar-refractivity contribution is 6.34. The summed E-state index contributed by atoms with van der Waals surface area (Å²) in [6, 6.07) is 18.0. The molecule has 0 atom stereocenters. The number of aliphatic carboxylic acids is 1. The van der Waals surface area contributed by atoms with Gasteiger partial charge in [0.15, 0.2) is 0 Å². The lowest BCUT2D eigenvalue weighted by Gasteiger charge is -2.37. The minimum Gasteiger partial charge on any atom is -0.478 e. The molecule has 0 spiro atoms. The lowest BCUT2D eigenvalue weighted by molar-refractivity contribution is -0.192. The van der Waals surface area contributed by atoms with Crippen LogP contribution in [-0.2, 0) is 11.3 Å². The Kier molecular flexibility index (Phi) is 10.1. The standard InChI is InChI=1S/C25H23ClFN3O3.C2HF3O2/c26-21-7-2-1-6-20(21)24(31)28-22-15-18(25(32)33)8-9-23(22)30-12-10-29(11-13-30)16-17-4-3-5-19(27)14-17;3-2(4,5)1(6)7/h1-9,14-15H,10-13,16H2,(H,28,31)(H,32,33);(H,6,7). The third-order valence-corrected chi connectivity index (χ3v) is 6.19. The van der Waals surface area contributed by atoms with Gasteiger partial charge in [-0.15, -0.1) is 0 Å². The minimum absolute atomic E-state index is 0.0814. The molecule has 1 aliphatic heterocycles. The molecule has 0 aliphatic carbocycles. The Morgan fingerprint density at radius 3 is 2.12 bits per heavy atom. The largest absolute Gasteiger partial charge is 0.490 e. The summed E-state index contributed by atoms with van der Waals surface area (Å²) in [4.78, 5) is 37.6. The lowest BCUT2D eigenvalue weighted by Crippen LogP contribution is -2.46. The van der Waals surface area contributed by atoms with Crippen molar-refractivity contribution in [3.63, 3.8) is 0 Å². The Balaban J connectivity index is 0.000000559. The number of benzene rings is 3. The Labute approximate surface area is 231 Å². The van der Waals surface area contributed by atoms with Crippen LogP contribution in [0.1, 0.15) is 26.3 Å². The van der Waals surface area contributed by atoms with E-state index in [1.807, 2.05) is 6.07 Å². The van der Waals surface area contributed by atoms with E-state index in [-0.39, 0.29) is 11.4 Å². The fraction of sp³-hybridized carbons (Fsp3) is 0.222. The number of carbonyl (C=O) groups is 3. The van der Waals surface area contributed by atoms with Gasteiger partial charge < -0.3 is 20.4 Å². The number of halogens is 5. The van der Waals surface area contributed by atoms with Gasteiger partial charge in [0.25, 0.3) is 5.91 Å². The van der Waals surface area contributed by atoms with Crippen LogP contribution in [0.15, 0.2) is 66.7 Å². The van der Waals surface area contributed by atoms with Gasteiger partial charge in [-0.1, -0.05) is 35.9 Å². The summed E-state index contributed by atoms with van der Waals surface area (Å²) in [5, 5.41) is 19.7. The zero-order chi connectivity index (χ0) is 29.4. The maximum Gasteiger partial charge on any atom is 0.490 e.